The van der Waals surface area contributed by atoms with Crippen molar-refractivity contribution in [3.8, 4) is 0 Å². The van der Waals surface area contributed by atoms with Crippen molar-refractivity contribution in [1.82, 2.24) is 10.2 Å². The predicted octanol–water partition coefficient (Wildman–Crippen LogP) is -0.980. The van der Waals surface area contributed by atoms with E-state index in [1.54, 1.807) is 0 Å². The number of imide groups is 1. The summed E-state index contributed by atoms with van der Waals surface area (Å²) < 4.78 is 11.2. The maximum atomic E-state index is 11.4. The molecule has 0 saturated carbocycles. The molecule has 0 bridgehead atoms. The standard InChI is InChI=1S/C10H17N3O4/c11-9(15)12-8(14)6-13-3-1-2-10(7-13)16-4-5-17-10/h1-7H2,(H3,11,12,14,15). The first-order chi connectivity index (χ1) is 8.10. The van der Waals surface area contributed by atoms with Gasteiger partial charge in [0.05, 0.1) is 26.3 Å². The van der Waals surface area contributed by atoms with E-state index in [0.29, 0.717) is 19.8 Å². The van der Waals surface area contributed by atoms with E-state index in [4.69, 9.17) is 15.2 Å². The molecule has 2 fully saturated rings. The third-order valence-corrected chi connectivity index (χ3v) is 2.94. The maximum absolute atomic E-state index is 11.4. The topological polar surface area (TPSA) is 93.9 Å². The van der Waals surface area contributed by atoms with Crippen molar-refractivity contribution >= 4 is 11.9 Å². The monoisotopic (exact) mass is 243 g/mol. The van der Waals surface area contributed by atoms with E-state index < -0.39 is 17.7 Å². The second kappa shape index (κ2) is 4.99. The molecule has 0 radical (unpaired) electrons. The number of hydrogen-bond acceptors (Lipinski definition) is 5. The Morgan fingerprint density at radius 1 is 1.35 bits per heavy atom. The molecule has 0 unspecified atom stereocenters. The Morgan fingerprint density at radius 3 is 2.71 bits per heavy atom. The van der Waals surface area contributed by atoms with E-state index in [9.17, 15) is 9.59 Å². The average Bonchev–Trinajstić information content (AvgIpc) is 2.64. The number of amides is 3. The van der Waals surface area contributed by atoms with Crippen LogP contribution in [0, 0.1) is 0 Å². The number of ether oxygens (including phenoxy) is 2. The minimum atomic E-state index is -0.824. The van der Waals surface area contributed by atoms with Gasteiger partial charge in [-0.3, -0.25) is 15.0 Å². The third-order valence-electron chi connectivity index (χ3n) is 2.94. The van der Waals surface area contributed by atoms with Crippen LogP contribution in [0.15, 0.2) is 0 Å². The molecule has 7 heteroatoms. The van der Waals surface area contributed by atoms with Gasteiger partial charge < -0.3 is 15.2 Å². The van der Waals surface area contributed by atoms with Crippen LogP contribution < -0.4 is 11.1 Å². The Labute approximate surface area is 99.2 Å². The van der Waals surface area contributed by atoms with Gasteiger partial charge in [-0.1, -0.05) is 0 Å². The summed E-state index contributed by atoms with van der Waals surface area (Å²) in [6.45, 7) is 2.68. The summed E-state index contributed by atoms with van der Waals surface area (Å²) in [6, 6.07) is -0.824. The van der Waals surface area contributed by atoms with Crippen molar-refractivity contribution in [3.63, 3.8) is 0 Å². The van der Waals surface area contributed by atoms with Gasteiger partial charge in [0.15, 0.2) is 5.79 Å². The van der Waals surface area contributed by atoms with Crippen molar-refractivity contribution < 1.29 is 19.1 Å². The van der Waals surface area contributed by atoms with Crippen LogP contribution in [-0.4, -0.2) is 55.5 Å². The van der Waals surface area contributed by atoms with Crippen LogP contribution >= 0.6 is 0 Å². The molecule has 17 heavy (non-hydrogen) atoms. The summed E-state index contributed by atoms with van der Waals surface area (Å²) in [4.78, 5) is 23.8. The second-order valence-electron chi connectivity index (χ2n) is 4.33. The molecule has 2 rings (SSSR count). The van der Waals surface area contributed by atoms with Crippen LogP contribution in [0.3, 0.4) is 0 Å². The summed E-state index contributed by atoms with van der Waals surface area (Å²) in [5.74, 6) is -0.946. The van der Waals surface area contributed by atoms with Crippen molar-refractivity contribution in [3.05, 3.63) is 0 Å². The summed E-state index contributed by atoms with van der Waals surface area (Å²) in [7, 11) is 0. The number of carbonyl (C=O) groups excluding carboxylic acids is 2. The minimum absolute atomic E-state index is 0.136. The number of primary amides is 1. The van der Waals surface area contributed by atoms with Crippen LogP contribution in [0.2, 0.25) is 0 Å². The Balaban J connectivity index is 1.85. The lowest BCUT2D eigenvalue weighted by molar-refractivity contribution is -0.189. The van der Waals surface area contributed by atoms with Crippen molar-refractivity contribution in [1.29, 1.82) is 0 Å². The first-order valence-electron chi connectivity index (χ1n) is 5.69. The number of nitrogens with one attached hydrogen (secondary N) is 1. The Hall–Kier alpha value is -1.18. The van der Waals surface area contributed by atoms with E-state index in [1.165, 1.54) is 0 Å². The van der Waals surface area contributed by atoms with Gasteiger partial charge in [0.2, 0.25) is 5.91 Å². The average molecular weight is 243 g/mol. The molecule has 2 saturated heterocycles. The van der Waals surface area contributed by atoms with Gasteiger partial charge in [-0.05, 0) is 13.0 Å². The van der Waals surface area contributed by atoms with Gasteiger partial charge in [-0.25, -0.2) is 4.79 Å². The van der Waals surface area contributed by atoms with E-state index in [2.05, 4.69) is 0 Å². The SMILES string of the molecule is NC(=O)NC(=O)CN1CCCC2(C1)OCCO2. The summed E-state index contributed by atoms with van der Waals surface area (Å²) in [6.07, 6.45) is 1.75. The molecule has 7 nitrogen and oxygen atoms in total. The Bertz CT molecular complexity index is 315. The number of nitrogens with zero attached hydrogens (tertiary/aromatic N) is 1. The highest BCUT2D eigenvalue weighted by Crippen LogP contribution is 2.29. The number of carbonyl (C=O) groups is 2. The van der Waals surface area contributed by atoms with Crippen LogP contribution in [0.1, 0.15) is 12.8 Å². The highest BCUT2D eigenvalue weighted by Gasteiger charge is 2.40. The lowest BCUT2D eigenvalue weighted by Crippen LogP contribution is -2.52. The smallest absolute Gasteiger partial charge is 0.318 e. The van der Waals surface area contributed by atoms with Crippen molar-refractivity contribution in [2.24, 2.45) is 5.73 Å². The minimum Gasteiger partial charge on any atom is -0.351 e. The molecule has 3 amide bonds. The zero-order valence-corrected chi connectivity index (χ0v) is 9.61. The predicted molar refractivity (Wildman–Crippen MR) is 58.0 cm³/mol. The molecule has 3 N–H and O–H groups in total. The van der Waals surface area contributed by atoms with E-state index in [1.807, 2.05) is 10.2 Å². The van der Waals surface area contributed by atoms with E-state index in [0.717, 1.165) is 19.4 Å². The third kappa shape index (κ3) is 3.15. The fourth-order valence-corrected chi connectivity index (χ4v) is 2.32. The highest BCUT2D eigenvalue weighted by atomic mass is 16.7. The zero-order chi connectivity index (χ0) is 12.3. The van der Waals surface area contributed by atoms with E-state index >= 15 is 0 Å². The lowest BCUT2D eigenvalue weighted by Gasteiger charge is -2.38. The second-order valence-corrected chi connectivity index (χ2v) is 4.33. The molecule has 0 aromatic rings. The van der Waals surface area contributed by atoms with Crippen molar-refractivity contribution in [2.75, 3.05) is 32.8 Å². The molecule has 0 atom stereocenters. The van der Waals surface area contributed by atoms with Gasteiger partial charge in [-0.2, -0.15) is 0 Å². The van der Waals surface area contributed by atoms with Crippen LogP contribution in [0.4, 0.5) is 4.79 Å². The number of nitrogens with two attached hydrogens (primary N) is 1. The lowest BCUT2D eigenvalue weighted by atomic mass is 10.0. The molecule has 96 valence electrons. The first kappa shape index (κ1) is 12.3. The normalized spacial score (nSPS) is 23.8. The molecule has 2 aliphatic heterocycles. The van der Waals surface area contributed by atoms with Crippen molar-refractivity contribution in [2.45, 2.75) is 18.6 Å². The number of likely N-dealkylation sites (tertiary alicyclic amines) is 1. The molecule has 0 aromatic carbocycles. The molecular weight excluding hydrogens is 226 g/mol. The van der Waals surface area contributed by atoms with Crippen LogP contribution in [0.25, 0.3) is 0 Å². The van der Waals surface area contributed by atoms with Gasteiger partial charge >= 0.3 is 6.03 Å². The molecule has 1 spiro atoms. The van der Waals surface area contributed by atoms with Crippen LogP contribution in [0.5, 0.6) is 0 Å². The highest BCUT2D eigenvalue weighted by molar-refractivity contribution is 5.94. The Kier molecular flexibility index (Phi) is 3.60. The number of urea groups is 1. The fraction of sp³-hybridized carbons (Fsp3) is 0.800. The number of rotatable bonds is 2. The summed E-state index contributed by atoms with van der Waals surface area (Å²) in [5, 5.41) is 2.05. The molecule has 0 aliphatic carbocycles. The molecule has 2 aliphatic rings. The van der Waals surface area contributed by atoms with Gasteiger partial charge in [-0.15, -0.1) is 0 Å². The zero-order valence-electron chi connectivity index (χ0n) is 9.61. The number of piperidine rings is 1. The Morgan fingerprint density at radius 2 is 2.06 bits per heavy atom. The first-order valence-corrected chi connectivity index (χ1v) is 5.69. The van der Waals surface area contributed by atoms with Gasteiger partial charge in [0.25, 0.3) is 0 Å². The molecule has 2 heterocycles. The molecular formula is C10H17N3O4. The van der Waals surface area contributed by atoms with Gasteiger partial charge in [0, 0.05) is 6.42 Å². The summed E-state index contributed by atoms with van der Waals surface area (Å²) >= 11 is 0. The maximum Gasteiger partial charge on any atom is 0.318 e. The molecule has 0 aromatic heterocycles. The van der Waals surface area contributed by atoms with Gasteiger partial charge in [0.1, 0.15) is 0 Å². The summed E-state index contributed by atoms with van der Waals surface area (Å²) in [5.41, 5.74) is 4.88. The quantitative estimate of drug-likeness (QED) is 0.650. The van der Waals surface area contributed by atoms with E-state index in [-0.39, 0.29) is 6.54 Å². The largest absolute Gasteiger partial charge is 0.351 e. The van der Waals surface area contributed by atoms with Crippen LogP contribution in [-0.2, 0) is 14.3 Å². The number of hydrogen-bond donors (Lipinski definition) is 2. The fourth-order valence-electron chi connectivity index (χ4n) is 2.32.